The van der Waals surface area contributed by atoms with Crippen molar-refractivity contribution < 1.29 is 8.60 Å². The third-order valence-corrected chi connectivity index (χ3v) is 6.46. The van der Waals surface area contributed by atoms with Crippen molar-refractivity contribution in [1.29, 1.82) is 0 Å². The SMILES string of the molecule is Cc1ccc(S(=O)c2ccc(F)cc2)cc1CCCC1CCNCC1. The fraction of sp³-hybridized carbons (Fsp3) is 0.429. The number of benzene rings is 2. The van der Waals surface area contributed by atoms with Crippen molar-refractivity contribution in [3.05, 3.63) is 59.4 Å². The minimum Gasteiger partial charge on any atom is -0.317 e. The number of aryl methyl sites for hydroxylation is 2. The van der Waals surface area contributed by atoms with Crippen molar-refractivity contribution in [1.82, 2.24) is 5.32 Å². The highest BCUT2D eigenvalue weighted by atomic mass is 32.2. The molecule has 134 valence electrons. The van der Waals surface area contributed by atoms with Crippen LogP contribution in [0.1, 0.15) is 36.8 Å². The summed E-state index contributed by atoms with van der Waals surface area (Å²) in [5.74, 6) is 0.543. The zero-order valence-corrected chi connectivity index (χ0v) is 15.6. The number of hydrogen-bond acceptors (Lipinski definition) is 2. The molecule has 0 aromatic heterocycles. The van der Waals surface area contributed by atoms with Gasteiger partial charge in [-0.15, -0.1) is 0 Å². The van der Waals surface area contributed by atoms with Gasteiger partial charge in [0.15, 0.2) is 0 Å². The monoisotopic (exact) mass is 359 g/mol. The van der Waals surface area contributed by atoms with E-state index < -0.39 is 10.8 Å². The van der Waals surface area contributed by atoms with Gasteiger partial charge in [-0.05, 0) is 99.1 Å². The van der Waals surface area contributed by atoms with E-state index in [0.717, 1.165) is 30.3 Å². The molecule has 1 fully saturated rings. The highest BCUT2D eigenvalue weighted by Crippen LogP contribution is 2.23. The summed E-state index contributed by atoms with van der Waals surface area (Å²) in [7, 11) is -1.26. The van der Waals surface area contributed by atoms with Crippen LogP contribution in [0.15, 0.2) is 52.3 Å². The van der Waals surface area contributed by atoms with Gasteiger partial charge in [-0.3, -0.25) is 0 Å². The molecule has 0 aliphatic carbocycles. The van der Waals surface area contributed by atoms with E-state index in [0.29, 0.717) is 4.90 Å². The molecule has 0 saturated carbocycles. The number of nitrogens with one attached hydrogen (secondary N) is 1. The molecule has 2 aromatic rings. The van der Waals surface area contributed by atoms with Gasteiger partial charge in [-0.1, -0.05) is 12.5 Å². The Labute approximate surface area is 152 Å². The lowest BCUT2D eigenvalue weighted by atomic mass is 9.91. The normalized spacial score (nSPS) is 16.7. The Morgan fingerprint density at radius 3 is 2.48 bits per heavy atom. The topological polar surface area (TPSA) is 29.1 Å². The van der Waals surface area contributed by atoms with E-state index in [9.17, 15) is 8.60 Å². The fourth-order valence-corrected chi connectivity index (χ4v) is 4.57. The molecule has 3 rings (SSSR count). The Morgan fingerprint density at radius 2 is 1.76 bits per heavy atom. The number of rotatable bonds is 6. The summed E-state index contributed by atoms with van der Waals surface area (Å²) in [6.45, 7) is 4.41. The second kappa shape index (κ2) is 8.72. The number of hydrogen-bond donors (Lipinski definition) is 1. The van der Waals surface area contributed by atoms with E-state index in [2.05, 4.69) is 24.4 Å². The number of piperidine rings is 1. The van der Waals surface area contributed by atoms with Crippen LogP contribution in [0.25, 0.3) is 0 Å². The Kier molecular flexibility index (Phi) is 6.38. The smallest absolute Gasteiger partial charge is 0.123 e. The van der Waals surface area contributed by atoms with Crippen molar-refractivity contribution in [2.24, 2.45) is 5.92 Å². The van der Waals surface area contributed by atoms with Crippen LogP contribution in [0.2, 0.25) is 0 Å². The Balaban J connectivity index is 1.65. The van der Waals surface area contributed by atoms with Crippen LogP contribution >= 0.6 is 0 Å². The molecular formula is C21H26FNOS. The van der Waals surface area contributed by atoms with E-state index in [-0.39, 0.29) is 5.82 Å². The molecule has 2 aromatic carbocycles. The maximum atomic E-state index is 13.1. The lowest BCUT2D eigenvalue weighted by molar-refractivity contribution is 0.347. The maximum absolute atomic E-state index is 13.1. The average Bonchev–Trinajstić information content (AvgIpc) is 2.64. The van der Waals surface area contributed by atoms with Crippen LogP contribution in [0.4, 0.5) is 4.39 Å². The second-order valence-electron chi connectivity index (χ2n) is 6.90. The van der Waals surface area contributed by atoms with Gasteiger partial charge in [0, 0.05) is 9.79 Å². The molecule has 1 saturated heterocycles. The first-order valence-corrected chi connectivity index (χ1v) is 10.3. The standard InChI is InChI=1S/C21H26FNOS/c1-16-5-8-21(25(24)20-9-6-19(22)7-10-20)15-18(16)4-2-3-17-11-13-23-14-12-17/h5-10,15,17,23H,2-4,11-14H2,1H3. The zero-order valence-electron chi connectivity index (χ0n) is 14.8. The first kappa shape index (κ1) is 18.3. The zero-order chi connectivity index (χ0) is 17.6. The third-order valence-electron chi connectivity index (χ3n) is 5.08. The van der Waals surface area contributed by atoms with Crippen molar-refractivity contribution >= 4 is 10.8 Å². The Morgan fingerprint density at radius 1 is 1.08 bits per heavy atom. The van der Waals surface area contributed by atoms with Gasteiger partial charge in [-0.25, -0.2) is 8.60 Å². The molecule has 0 bridgehead atoms. The molecule has 1 aliphatic heterocycles. The van der Waals surface area contributed by atoms with Crippen LogP contribution in [-0.2, 0) is 17.2 Å². The van der Waals surface area contributed by atoms with Crippen LogP contribution in [-0.4, -0.2) is 17.3 Å². The summed E-state index contributed by atoms with van der Waals surface area (Å²) in [6.07, 6.45) is 6.05. The molecule has 25 heavy (non-hydrogen) atoms. The molecule has 1 unspecified atom stereocenters. The lowest BCUT2D eigenvalue weighted by Gasteiger charge is -2.22. The Bertz CT molecular complexity index is 723. The number of halogens is 1. The molecule has 0 amide bonds. The van der Waals surface area contributed by atoms with Gasteiger partial charge in [0.05, 0.1) is 10.8 Å². The van der Waals surface area contributed by atoms with Gasteiger partial charge < -0.3 is 5.32 Å². The van der Waals surface area contributed by atoms with E-state index in [1.54, 1.807) is 12.1 Å². The van der Waals surface area contributed by atoms with Crippen LogP contribution in [0.3, 0.4) is 0 Å². The fourth-order valence-electron chi connectivity index (χ4n) is 3.48. The minimum atomic E-state index is -1.26. The van der Waals surface area contributed by atoms with E-state index >= 15 is 0 Å². The van der Waals surface area contributed by atoms with Crippen molar-refractivity contribution in [3.63, 3.8) is 0 Å². The lowest BCUT2D eigenvalue weighted by Crippen LogP contribution is -2.27. The summed E-state index contributed by atoms with van der Waals surface area (Å²) < 4.78 is 25.8. The summed E-state index contributed by atoms with van der Waals surface area (Å²) in [4.78, 5) is 1.44. The van der Waals surface area contributed by atoms with E-state index in [4.69, 9.17) is 0 Å². The summed E-state index contributed by atoms with van der Waals surface area (Å²) in [5.41, 5.74) is 2.53. The Hall–Kier alpha value is -1.52. The summed E-state index contributed by atoms with van der Waals surface area (Å²) in [5, 5.41) is 3.41. The molecule has 4 heteroatoms. The summed E-state index contributed by atoms with van der Waals surface area (Å²) in [6, 6.07) is 12.0. The van der Waals surface area contributed by atoms with Gasteiger partial charge >= 0.3 is 0 Å². The van der Waals surface area contributed by atoms with Crippen LogP contribution < -0.4 is 5.32 Å². The molecule has 1 N–H and O–H groups in total. The van der Waals surface area contributed by atoms with E-state index in [1.807, 2.05) is 6.07 Å². The quantitative estimate of drug-likeness (QED) is 0.815. The molecule has 0 spiro atoms. The highest BCUT2D eigenvalue weighted by Gasteiger charge is 2.13. The predicted octanol–water partition coefficient (Wildman–Crippen LogP) is 4.62. The first-order valence-electron chi connectivity index (χ1n) is 9.11. The van der Waals surface area contributed by atoms with Crippen LogP contribution in [0, 0.1) is 18.7 Å². The predicted molar refractivity (Wildman–Crippen MR) is 101 cm³/mol. The van der Waals surface area contributed by atoms with E-state index in [1.165, 1.54) is 48.9 Å². The van der Waals surface area contributed by atoms with Gasteiger partial charge in [-0.2, -0.15) is 0 Å². The first-order chi connectivity index (χ1) is 12.1. The summed E-state index contributed by atoms with van der Waals surface area (Å²) >= 11 is 0. The maximum Gasteiger partial charge on any atom is 0.123 e. The molecule has 0 radical (unpaired) electrons. The van der Waals surface area contributed by atoms with Gasteiger partial charge in [0.2, 0.25) is 0 Å². The average molecular weight is 360 g/mol. The largest absolute Gasteiger partial charge is 0.317 e. The highest BCUT2D eigenvalue weighted by molar-refractivity contribution is 7.85. The molecular weight excluding hydrogens is 333 g/mol. The minimum absolute atomic E-state index is 0.303. The van der Waals surface area contributed by atoms with Gasteiger partial charge in [0.25, 0.3) is 0 Å². The van der Waals surface area contributed by atoms with Crippen molar-refractivity contribution in [2.45, 2.75) is 48.8 Å². The molecule has 2 nitrogen and oxygen atoms in total. The van der Waals surface area contributed by atoms with Gasteiger partial charge in [0.1, 0.15) is 5.82 Å². The third kappa shape index (κ3) is 4.99. The van der Waals surface area contributed by atoms with Crippen LogP contribution in [0.5, 0.6) is 0 Å². The second-order valence-corrected chi connectivity index (χ2v) is 8.38. The van der Waals surface area contributed by atoms with Crippen molar-refractivity contribution in [2.75, 3.05) is 13.1 Å². The molecule has 1 aliphatic rings. The molecule has 1 atom stereocenters. The van der Waals surface area contributed by atoms with Crippen molar-refractivity contribution in [3.8, 4) is 0 Å². The molecule has 1 heterocycles.